The molecule has 4 nitrogen and oxygen atoms in total. The number of aromatic hydroxyl groups is 1. The van der Waals surface area contributed by atoms with Gasteiger partial charge in [-0.1, -0.05) is 37.6 Å². The fraction of sp³-hybridized carbons (Fsp3) is 0.200. The van der Waals surface area contributed by atoms with Crippen LogP contribution in [0.4, 0.5) is 5.69 Å². The predicted octanol–water partition coefficient (Wildman–Crippen LogP) is 3.15. The van der Waals surface area contributed by atoms with E-state index in [9.17, 15) is 13.5 Å². The third kappa shape index (κ3) is 3.30. The molecule has 2 aromatic carbocycles. The molecular formula is C15H17NO3S. The molecule has 0 saturated carbocycles. The Morgan fingerprint density at radius 3 is 2.30 bits per heavy atom. The number of hydrogen-bond donors (Lipinski definition) is 2. The Hall–Kier alpha value is -2.01. The molecule has 5 heteroatoms. The fourth-order valence-electron chi connectivity index (χ4n) is 1.89. The van der Waals surface area contributed by atoms with E-state index in [1.807, 2.05) is 12.1 Å². The van der Waals surface area contributed by atoms with Crippen molar-refractivity contribution in [3.63, 3.8) is 0 Å². The van der Waals surface area contributed by atoms with Crippen LogP contribution in [-0.2, 0) is 16.4 Å². The van der Waals surface area contributed by atoms with E-state index in [-0.39, 0.29) is 16.3 Å². The molecule has 0 spiro atoms. The van der Waals surface area contributed by atoms with E-state index in [1.54, 1.807) is 24.3 Å². The molecule has 0 amide bonds. The zero-order valence-electron chi connectivity index (χ0n) is 11.2. The van der Waals surface area contributed by atoms with Crippen LogP contribution in [0.2, 0.25) is 0 Å². The normalized spacial score (nSPS) is 11.2. The van der Waals surface area contributed by atoms with Gasteiger partial charge >= 0.3 is 0 Å². The van der Waals surface area contributed by atoms with Gasteiger partial charge in [0.05, 0.1) is 10.6 Å². The summed E-state index contributed by atoms with van der Waals surface area (Å²) in [5, 5.41) is 9.61. The smallest absolute Gasteiger partial charge is 0.262 e. The van der Waals surface area contributed by atoms with Crippen molar-refractivity contribution < 1.29 is 13.5 Å². The van der Waals surface area contributed by atoms with Crippen LogP contribution < -0.4 is 4.72 Å². The third-order valence-corrected chi connectivity index (χ3v) is 4.30. The SMILES string of the molecule is CCCc1ccc(S(=O)(=O)Nc2ccccc2O)cc1. The van der Waals surface area contributed by atoms with Gasteiger partial charge in [-0.05, 0) is 36.2 Å². The highest BCUT2D eigenvalue weighted by Crippen LogP contribution is 2.25. The van der Waals surface area contributed by atoms with Gasteiger partial charge in [-0.25, -0.2) is 8.42 Å². The summed E-state index contributed by atoms with van der Waals surface area (Å²) in [5.74, 6) is -0.0984. The Bertz CT molecular complexity index is 679. The largest absolute Gasteiger partial charge is 0.506 e. The maximum Gasteiger partial charge on any atom is 0.262 e. The summed E-state index contributed by atoms with van der Waals surface area (Å²) in [7, 11) is -3.68. The highest BCUT2D eigenvalue weighted by molar-refractivity contribution is 7.92. The van der Waals surface area contributed by atoms with Crippen LogP contribution in [-0.4, -0.2) is 13.5 Å². The van der Waals surface area contributed by atoms with Gasteiger partial charge in [0.25, 0.3) is 10.0 Å². The first-order valence-corrected chi connectivity index (χ1v) is 7.91. The summed E-state index contributed by atoms with van der Waals surface area (Å²) in [5.41, 5.74) is 1.28. The molecule has 0 fully saturated rings. The van der Waals surface area contributed by atoms with Gasteiger partial charge in [0, 0.05) is 0 Å². The molecule has 0 unspecified atom stereocenters. The number of hydrogen-bond acceptors (Lipinski definition) is 3. The standard InChI is InChI=1S/C15H17NO3S/c1-2-5-12-8-10-13(11-9-12)20(18,19)16-14-6-3-4-7-15(14)17/h3-4,6-11,16-17H,2,5H2,1H3. The second kappa shape index (κ2) is 5.96. The molecule has 0 heterocycles. The Labute approximate surface area is 119 Å². The van der Waals surface area contributed by atoms with Crippen molar-refractivity contribution in [3.8, 4) is 5.75 Å². The quantitative estimate of drug-likeness (QED) is 0.832. The van der Waals surface area contributed by atoms with Crippen molar-refractivity contribution in [1.82, 2.24) is 0 Å². The van der Waals surface area contributed by atoms with Crippen LogP contribution in [0.3, 0.4) is 0 Å². The summed E-state index contributed by atoms with van der Waals surface area (Å²) >= 11 is 0. The van der Waals surface area contributed by atoms with E-state index in [0.29, 0.717) is 0 Å². The summed E-state index contributed by atoms with van der Waals surface area (Å²) < 4.78 is 26.8. The maximum atomic E-state index is 12.2. The van der Waals surface area contributed by atoms with Crippen LogP contribution in [0.1, 0.15) is 18.9 Å². The van der Waals surface area contributed by atoms with E-state index in [0.717, 1.165) is 18.4 Å². The van der Waals surface area contributed by atoms with E-state index in [1.165, 1.54) is 12.1 Å². The number of phenolic OH excluding ortho intramolecular Hbond substituents is 1. The van der Waals surface area contributed by atoms with Gasteiger partial charge in [0.1, 0.15) is 5.75 Å². The summed E-state index contributed by atoms with van der Waals surface area (Å²) in [6, 6.07) is 13.0. The number of aryl methyl sites for hydroxylation is 1. The zero-order chi connectivity index (χ0) is 14.6. The third-order valence-electron chi connectivity index (χ3n) is 2.92. The molecule has 0 aliphatic rings. The maximum absolute atomic E-state index is 12.2. The Kier molecular flexibility index (Phi) is 4.29. The molecule has 0 aromatic heterocycles. The number of sulfonamides is 1. The van der Waals surface area contributed by atoms with Crippen molar-refractivity contribution in [2.45, 2.75) is 24.7 Å². The monoisotopic (exact) mass is 291 g/mol. The lowest BCUT2D eigenvalue weighted by Gasteiger charge is -2.09. The predicted molar refractivity (Wildman–Crippen MR) is 79.4 cm³/mol. The number of phenols is 1. The van der Waals surface area contributed by atoms with Gasteiger partial charge in [-0.3, -0.25) is 4.72 Å². The number of rotatable bonds is 5. The average molecular weight is 291 g/mol. The number of para-hydroxylation sites is 2. The lowest BCUT2D eigenvalue weighted by molar-refractivity contribution is 0.477. The molecule has 2 aromatic rings. The minimum Gasteiger partial charge on any atom is -0.506 e. The van der Waals surface area contributed by atoms with Crippen molar-refractivity contribution in [3.05, 3.63) is 54.1 Å². The molecule has 106 valence electrons. The summed E-state index contributed by atoms with van der Waals surface area (Å²) in [6.45, 7) is 2.07. The Balaban J connectivity index is 2.24. The molecule has 0 atom stereocenters. The highest BCUT2D eigenvalue weighted by atomic mass is 32.2. The van der Waals surface area contributed by atoms with E-state index in [4.69, 9.17) is 0 Å². The van der Waals surface area contributed by atoms with E-state index >= 15 is 0 Å². The number of anilines is 1. The van der Waals surface area contributed by atoms with Crippen LogP contribution in [0.25, 0.3) is 0 Å². The van der Waals surface area contributed by atoms with Crippen molar-refractivity contribution in [1.29, 1.82) is 0 Å². The van der Waals surface area contributed by atoms with Gasteiger partial charge in [0.2, 0.25) is 0 Å². The molecular weight excluding hydrogens is 274 g/mol. The number of nitrogens with one attached hydrogen (secondary N) is 1. The molecule has 2 rings (SSSR count). The zero-order valence-corrected chi connectivity index (χ0v) is 12.0. The first-order valence-electron chi connectivity index (χ1n) is 6.42. The summed E-state index contributed by atoms with van der Waals surface area (Å²) in [4.78, 5) is 0.181. The van der Waals surface area contributed by atoms with Crippen molar-refractivity contribution >= 4 is 15.7 Å². The lowest BCUT2D eigenvalue weighted by atomic mass is 10.1. The fourth-order valence-corrected chi connectivity index (χ4v) is 2.96. The Morgan fingerprint density at radius 2 is 1.70 bits per heavy atom. The molecule has 0 aliphatic heterocycles. The van der Waals surface area contributed by atoms with Crippen LogP contribution in [0, 0.1) is 0 Å². The minimum absolute atomic E-state index is 0.0984. The Morgan fingerprint density at radius 1 is 1.05 bits per heavy atom. The van der Waals surface area contributed by atoms with Crippen LogP contribution in [0.15, 0.2) is 53.4 Å². The summed E-state index contributed by atoms with van der Waals surface area (Å²) in [6.07, 6.45) is 1.94. The van der Waals surface area contributed by atoms with Crippen molar-refractivity contribution in [2.75, 3.05) is 4.72 Å². The molecule has 2 N–H and O–H groups in total. The number of benzene rings is 2. The molecule has 20 heavy (non-hydrogen) atoms. The van der Waals surface area contributed by atoms with E-state index in [2.05, 4.69) is 11.6 Å². The second-order valence-electron chi connectivity index (χ2n) is 4.52. The average Bonchev–Trinajstić information content (AvgIpc) is 2.42. The topological polar surface area (TPSA) is 66.4 Å². The molecule has 0 aliphatic carbocycles. The molecule has 0 saturated heterocycles. The first-order chi connectivity index (χ1) is 9.53. The minimum atomic E-state index is -3.68. The van der Waals surface area contributed by atoms with Crippen LogP contribution in [0.5, 0.6) is 5.75 Å². The van der Waals surface area contributed by atoms with Gasteiger partial charge in [-0.15, -0.1) is 0 Å². The van der Waals surface area contributed by atoms with Crippen LogP contribution >= 0.6 is 0 Å². The van der Waals surface area contributed by atoms with Gasteiger partial charge in [0.15, 0.2) is 0 Å². The first kappa shape index (κ1) is 14.4. The van der Waals surface area contributed by atoms with Gasteiger partial charge in [-0.2, -0.15) is 0 Å². The van der Waals surface area contributed by atoms with Gasteiger partial charge < -0.3 is 5.11 Å². The lowest BCUT2D eigenvalue weighted by Crippen LogP contribution is -2.13. The van der Waals surface area contributed by atoms with Crippen molar-refractivity contribution in [2.24, 2.45) is 0 Å². The van der Waals surface area contributed by atoms with E-state index < -0.39 is 10.0 Å². The highest BCUT2D eigenvalue weighted by Gasteiger charge is 2.15. The second-order valence-corrected chi connectivity index (χ2v) is 6.20. The molecule has 0 bridgehead atoms. The molecule has 0 radical (unpaired) electrons.